The molecule has 3 aromatic carbocycles. The van der Waals surface area contributed by atoms with E-state index in [1.807, 2.05) is 54.5 Å². The number of hydrogen-bond donors (Lipinski definition) is 2. The number of carbonyl (C=O) groups excluding carboxylic acids is 2. The highest BCUT2D eigenvalue weighted by atomic mass is 32.2. The van der Waals surface area contributed by atoms with E-state index in [0.29, 0.717) is 71.2 Å². The Morgan fingerprint density at radius 2 is 1.82 bits per heavy atom. The number of carbonyl (C=O) groups is 2. The molecule has 1 aliphatic heterocycles. The van der Waals surface area contributed by atoms with Crippen LogP contribution in [-0.2, 0) is 27.9 Å². The fourth-order valence-corrected chi connectivity index (χ4v) is 7.50. The number of sulfonamides is 1. The molecule has 5 aromatic rings. The number of hydrogen-bond acceptors (Lipinski definition) is 8. The van der Waals surface area contributed by atoms with E-state index in [4.69, 9.17) is 9.26 Å². The molecule has 0 aliphatic carbocycles. The number of fused-ring (bicyclic) bond motifs is 1. The second-order valence-corrected chi connectivity index (χ2v) is 14.5. The van der Waals surface area contributed by atoms with Gasteiger partial charge in [0.25, 0.3) is 21.9 Å². The number of aryl methyl sites for hydroxylation is 1. The zero-order valence-corrected chi connectivity index (χ0v) is 29.3. The third-order valence-corrected chi connectivity index (χ3v) is 10.5. The molecule has 6 rings (SSSR count). The summed E-state index contributed by atoms with van der Waals surface area (Å²) in [5.74, 6) is 0.436. The number of rotatable bonds is 11. The molecular formula is C36H40N6O6S. The summed E-state index contributed by atoms with van der Waals surface area (Å²) in [4.78, 5) is 32.9. The molecule has 2 amide bonds. The molecule has 0 spiro atoms. The number of nitrogens with zero attached hydrogens (tertiary/aromatic N) is 4. The molecule has 1 aliphatic rings. The number of amides is 2. The monoisotopic (exact) mass is 684 g/mol. The lowest BCUT2D eigenvalue weighted by Crippen LogP contribution is -2.30. The number of benzene rings is 3. The average Bonchev–Trinajstić information content (AvgIpc) is 3.68. The molecule has 0 unspecified atom stereocenters. The van der Waals surface area contributed by atoms with Gasteiger partial charge in [0.05, 0.1) is 34.6 Å². The van der Waals surface area contributed by atoms with Crippen LogP contribution in [0.4, 0.5) is 5.82 Å². The largest absolute Gasteiger partial charge is 0.465 e. The standard InChI is InChI=1S/C36H40N6O6S/c1-7-47-35-38-29-13-10-12-28(33(43)37-6)31(29)42(35)20-24-15-16-26(25(19-24)21-41-18-17-36(4,5)34(41)44)27-11-8-9-14-30(27)49(45,46)40-32-22(2)23(3)48-39-32/h8-16,19H,7,17-18,20-21H2,1-6H3,(H,37,43)(H,39,40). The summed E-state index contributed by atoms with van der Waals surface area (Å²) < 4.78 is 43.3. The van der Waals surface area contributed by atoms with Crippen molar-refractivity contribution in [2.45, 2.75) is 59.0 Å². The van der Waals surface area contributed by atoms with Crippen LogP contribution in [0.15, 0.2) is 70.1 Å². The minimum atomic E-state index is -4.10. The third-order valence-electron chi connectivity index (χ3n) is 9.08. The van der Waals surface area contributed by atoms with Gasteiger partial charge in [-0.2, -0.15) is 4.98 Å². The van der Waals surface area contributed by atoms with Gasteiger partial charge < -0.3 is 19.5 Å². The highest BCUT2D eigenvalue weighted by molar-refractivity contribution is 7.92. The lowest BCUT2D eigenvalue weighted by molar-refractivity contribution is -0.135. The SMILES string of the molecule is CCOc1nc2cccc(C(=O)NC)c2n1Cc1ccc(-c2ccccc2S(=O)(=O)Nc2noc(C)c2C)c(CN2CCC(C)(C)C2=O)c1. The van der Waals surface area contributed by atoms with Crippen LogP contribution in [0.25, 0.3) is 22.2 Å². The summed E-state index contributed by atoms with van der Waals surface area (Å²) in [6.45, 7) is 10.7. The summed E-state index contributed by atoms with van der Waals surface area (Å²) in [6, 6.07) is 18.3. The highest BCUT2D eigenvalue weighted by Gasteiger charge is 2.38. The zero-order valence-electron chi connectivity index (χ0n) is 28.5. The average molecular weight is 685 g/mol. The normalized spacial score (nSPS) is 14.4. The Labute approximate surface area is 285 Å². The molecule has 2 aromatic heterocycles. The second-order valence-electron chi connectivity index (χ2n) is 12.8. The molecule has 13 heteroatoms. The first-order valence-electron chi connectivity index (χ1n) is 16.1. The fourth-order valence-electron chi connectivity index (χ4n) is 6.22. The van der Waals surface area contributed by atoms with Crippen LogP contribution in [0.3, 0.4) is 0 Å². The number of likely N-dealkylation sites (tertiary alicyclic amines) is 1. The van der Waals surface area contributed by atoms with Crippen LogP contribution in [0.5, 0.6) is 6.01 Å². The van der Waals surface area contributed by atoms with Crippen molar-refractivity contribution >= 4 is 38.7 Å². The van der Waals surface area contributed by atoms with E-state index in [-0.39, 0.29) is 29.1 Å². The molecule has 0 bridgehead atoms. The number of imidazole rings is 1. The van der Waals surface area contributed by atoms with Gasteiger partial charge in [0.1, 0.15) is 5.76 Å². The van der Waals surface area contributed by atoms with E-state index in [0.717, 1.165) is 11.1 Å². The second kappa shape index (κ2) is 13.0. The van der Waals surface area contributed by atoms with Crippen LogP contribution >= 0.6 is 0 Å². The van der Waals surface area contributed by atoms with Gasteiger partial charge in [-0.1, -0.05) is 61.5 Å². The van der Waals surface area contributed by atoms with Crippen molar-refractivity contribution < 1.29 is 27.3 Å². The summed E-state index contributed by atoms with van der Waals surface area (Å²) in [7, 11) is -2.52. The predicted octanol–water partition coefficient (Wildman–Crippen LogP) is 5.67. The molecule has 1 fully saturated rings. The van der Waals surface area contributed by atoms with E-state index in [2.05, 4.69) is 20.2 Å². The maximum absolute atomic E-state index is 13.8. The van der Waals surface area contributed by atoms with Gasteiger partial charge in [0.15, 0.2) is 5.82 Å². The van der Waals surface area contributed by atoms with Crippen molar-refractivity contribution in [2.75, 3.05) is 24.9 Å². The van der Waals surface area contributed by atoms with Crippen molar-refractivity contribution in [1.29, 1.82) is 0 Å². The van der Waals surface area contributed by atoms with Gasteiger partial charge in [-0.3, -0.25) is 18.9 Å². The van der Waals surface area contributed by atoms with Crippen LogP contribution in [0.1, 0.15) is 60.0 Å². The van der Waals surface area contributed by atoms with Crippen LogP contribution in [0, 0.1) is 19.3 Å². The first kappa shape index (κ1) is 33.7. The molecule has 0 atom stereocenters. The molecule has 49 heavy (non-hydrogen) atoms. The molecule has 256 valence electrons. The van der Waals surface area contributed by atoms with Gasteiger partial charge in [-0.25, -0.2) is 8.42 Å². The van der Waals surface area contributed by atoms with E-state index >= 15 is 0 Å². The van der Waals surface area contributed by atoms with Crippen LogP contribution < -0.4 is 14.8 Å². The Morgan fingerprint density at radius 3 is 2.49 bits per heavy atom. The van der Waals surface area contributed by atoms with Gasteiger partial charge >= 0.3 is 0 Å². The van der Waals surface area contributed by atoms with Crippen LogP contribution in [-0.4, -0.2) is 60.0 Å². The topological polar surface area (TPSA) is 149 Å². The molecule has 0 saturated carbocycles. The van der Waals surface area contributed by atoms with Gasteiger partial charge in [0.2, 0.25) is 5.91 Å². The number of aromatic nitrogens is 3. The predicted molar refractivity (Wildman–Crippen MR) is 186 cm³/mol. The number of ether oxygens (including phenoxy) is 1. The summed E-state index contributed by atoms with van der Waals surface area (Å²) >= 11 is 0. The highest BCUT2D eigenvalue weighted by Crippen LogP contribution is 2.37. The van der Waals surface area contributed by atoms with Gasteiger partial charge in [0, 0.05) is 36.7 Å². The lowest BCUT2D eigenvalue weighted by Gasteiger charge is -2.23. The molecular weight excluding hydrogens is 644 g/mol. The molecule has 0 radical (unpaired) electrons. The Bertz CT molecular complexity index is 2190. The number of para-hydroxylation sites is 1. The first-order valence-corrected chi connectivity index (χ1v) is 17.6. The van der Waals surface area contributed by atoms with Crippen molar-refractivity contribution in [3.05, 3.63) is 88.7 Å². The van der Waals surface area contributed by atoms with Crippen molar-refractivity contribution in [1.82, 2.24) is 24.9 Å². The van der Waals surface area contributed by atoms with Gasteiger partial charge in [-0.05, 0) is 62.1 Å². The van der Waals surface area contributed by atoms with Crippen molar-refractivity contribution in [2.24, 2.45) is 5.41 Å². The minimum absolute atomic E-state index is 0.0396. The summed E-state index contributed by atoms with van der Waals surface area (Å²) in [5.41, 5.74) is 4.59. The van der Waals surface area contributed by atoms with E-state index in [1.165, 1.54) is 0 Å². The van der Waals surface area contributed by atoms with Crippen molar-refractivity contribution in [3.8, 4) is 17.1 Å². The smallest absolute Gasteiger partial charge is 0.297 e. The lowest BCUT2D eigenvalue weighted by atomic mass is 9.92. The summed E-state index contributed by atoms with van der Waals surface area (Å²) in [5, 5.41) is 6.60. The van der Waals surface area contributed by atoms with Gasteiger partial charge in [-0.15, -0.1) is 0 Å². The quantitative estimate of drug-likeness (QED) is 0.181. The number of nitrogens with one attached hydrogen (secondary N) is 2. The fraction of sp³-hybridized carbons (Fsp3) is 0.333. The molecule has 2 N–H and O–H groups in total. The molecule has 1 saturated heterocycles. The Balaban J connectivity index is 1.47. The number of anilines is 1. The summed E-state index contributed by atoms with van der Waals surface area (Å²) in [6.07, 6.45) is 0.715. The zero-order chi connectivity index (χ0) is 35.1. The Hall–Kier alpha value is -5.17. The third kappa shape index (κ3) is 6.38. The Kier molecular flexibility index (Phi) is 8.97. The maximum atomic E-state index is 13.8. The first-order chi connectivity index (χ1) is 23.3. The Morgan fingerprint density at radius 1 is 1.04 bits per heavy atom. The van der Waals surface area contributed by atoms with Crippen LogP contribution in [0.2, 0.25) is 0 Å². The van der Waals surface area contributed by atoms with E-state index in [9.17, 15) is 18.0 Å². The van der Waals surface area contributed by atoms with E-state index < -0.39 is 15.4 Å². The maximum Gasteiger partial charge on any atom is 0.297 e. The minimum Gasteiger partial charge on any atom is -0.465 e. The van der Waals surface area contributed by atoms with Crippen molar-refractivity contribution in [3.63, 3.8) is 0 Å². The molecule has 3 heterocycles. The van der Waals surface area contributed by atoms with E-state index in [1.54, 1.807) is 57.3 Å². The molecule has 12 nitrogen and oxygen atoms in total.